The number of rotatable bonds is 4. The molecule has 0 saturated carbocycles. The van der Waals surface area contributed by atoms with Crippen molar-refractivity contribution in [1.29, 1.82) is 0 Å². The Morgan fingerprint density at radius 3 is 2.69 bits per heavy atom. The van der Waals surface area contributed by atoms with Crippen LogP contribution in [-0.2, 0) is 4.79 Å². The Balaban J connectivity index is 1.43. The Morgan fingerprint density at radius 1 is 1.12 bits per heavy atom. The molecule has 5 nitrogen and oxygen atoms in total. The number of quaternary nitrogens is 1. The molecule has 1 fully saturated rings. The second kappa shape index (κ2) is 7.68. The molecule has 26 heavy (non-hydrogen) atoms. The lowest BCUT2D eigenvalue weighted by molar-refractivity contribution is -0.910. The highest BCUT2D eigenvalue weighted by molar-refractivity contribution is 9.10. The minimum atomic E-state index is 0.0479. The van der Waals surface area contributed by atoms with E-state index in [1.807, 2.05) is 30.3 Å². The normalized spacial score (nSPS) is 21.4. The molecule has 2 aliphatic rings. The van der Waals surface area contributed by atoms with Crippen LogP contribution in [0.2, 0.25) is 0 Å². The summed E-state index contributed by atoms with van der Waals surface area (Å²) in [5.74, 6) is 1.68. The number of hydrogen-bond acceptors (Lipinski definition) is 3. The second-order valence-electron chi connectivity index (χ2n) is 6.74. The minimum Gasteiger partial charge on any atom is -0.486 e. The van der Waals surface area contributed by atoms with Crippen LogP contribution in [0.15, 0.2) is 46.9 Å². The summed E-state index contributed by atoms with van der Waals surface area (Å²) in [6.07, 6.45) is 2.21. The third-order valence-corrected chi connectivity index (χ3v) is 5.50. The molecule has 136 valence electrons. The molecule has 2 aromatic rings. The Bertz CT molecular complexity index is 794. The maximum absolute atomic E-state index is 12.5. The van der Waals surface area contributed by atoms with Crippen molar-refractivity contribution >= 4 is 27.5 Å². The number of benzene rings is 2. The van der Waals surface area contributed by atoms with Crippen molar-refractivity contribution < 1.29 is 19.2 Å². The van der Waals surface area contributed by atoms with Gasteiger partial charge in [-0.05, 0) is 42.5 Å². The van der Waals surface area contributed by atoms with E-state index < -0.39 is 0 Å². The van der Waals surface area contributed by atoms with Gasteiger partial charge in [0.05, 0.1) is 6.54 Å². The van der Waals surface area contributed by atoms with Gasteiger partial charge in [0.2, 0.25) is 0 Å². The molecule has 0 radical (unpaired) electrons. The van der Waals surface area contributed by atoms with Crippen LogP contribution in [0.25, 0.3) is 0 Å². The van der Waals surface area contributed by atoms with Crippen LogP contribution in [0, 0.1) is 0 Å². The monoisotopic (exact) mass is 417 g/mol. The summed E-state index contributed by atoms with van der Waals surface area (Å²) in [7, 11) is 0. The van der Waals surface area contributed by atoms with E-state index in [0.717, 1.165) is 41.0 Å². The number of amides is 1. The molecule has 2 heterocycles. The van der Waals surface area contributed by atoms with Crippen molar-refractivity contribution in [3.63, 3.8) is 0 Å². The van der Waals surface area contributed by atoms with E-state index in [4.69, 9.17) is 9.47 Å². The smallest absolute Gasteiger partial charge is 0.279 e. The van der Waals surface area contributed by atoms with Crippen molar-refractivity contribution in [1.82, 2.24) is 0 Å². The number of anilines is 1. The summed E-state index contributed by atoms with van der Waals surface area (Å²) in [4.78, 5) is 13.8. The van der Waals surface area contributed by atoms with Crippen LogP contribution < -0.4 is 19.7 Å². The standard InChI is InChI=1S/C20H21BrN2O3/c21-15-4-6-16(7-5-15)22-20(24)13-23-9-1-2-17(23)14-3-8-18-19(12-14)26-11-10-25-18/h3-8,12,17H,1-2,9-11,13H2,(H,22,24)/p+1/t17-/m0/s1. The highest BCUT2D eigenvalue weighted by Crippen LogP contribution is 2.33. The quantitative estimate of drug-likeness (QED) is 0.803. The number of carbonyl (C=O) groups is 1. The van der Waals surface area contributed by atoms with Gasteiger partial charge < -0.3 is 19.7 Å². The molecule has 2 aliphatic heterocycles. The summed E-state index contributed by atoms with van der Waals surface area (Å²) >= 11 is 3.41. The molecule has 6 heteroatoms. The van der Waals surface area contributed by atoms with E-state index in [2.05, 4.69) is 33.4 Å². The fourth-order valence-corrected chi connectivity index (χ4v) is 4.01. The summed E-state index contributed by atoms with van der Waals surface area (Å²) in [6, 6.07) is 14.2. The van der Waals surface area contributed by atoms with E-state index in [1.54, 1.807) is 0 Å². The summed E-state index contributed by atoms with van der Waals surface area (Å²) < 4.78 is 12.3. The number of halogens is 1. The number of carbonyl (C=O) groups excluding carboxylic acids is 1. The Kier molecular flexibility index (Phi) is 5.13. The summed E-state index contributed by atoms with van der Waals surface area (Å²) in [6.45, 7) is 2.67. The molecule has 2 N–H and O–H groups in total. The Hall–Kier alpha value is -2.05. The molecular weight excluding hydrogens is 396 g/mol. The topological polar surface area (TPSA) is 52.0 Å². The molecule has 0 aromatic heterocycles. The van der Waals surface area contributed by atoms with Gasteiger partial charge in [0, 0.05) is 28.6 Å². The highest BCUT2D eigenvalue weighted by atomic mass is 79.9. The van der Waals surface area contributed by atoms with Crippen LogP contribution in [0.5, 0.6) is 11.5 Å². The largest absolute Gasteiger partial charge is 0.486 e. The number of ether oxygens (including phenoxy) is 2. The molecule has 0 aliphatic carbocycles. The first-order valence-corrected chi connectivity index (χ1v) is 9.78. The zero-order chi connectivity index (χ0) is 17.9. The number of nitrogens with one attached hydrogen (secondary N) is 2. The Labute approximate surface area is 161 Å². The first kappa shape index (κ1) is 17.4. The van der Waals surface area contributed by atoms with Gasteiger partial charge in [-0.1, -0.05) is 15.9 Å². The summed E-state index contributed by atoms with van der Waals surface area (Å²) in [5, 5.41) is 2.99. The molecule has 0 bridgehead atoms. The number of likely N-dealkylation sites (tertiary alicyclic amines) is 1. The number of fused-ring (bicyclic) bond motifs is 1. The zero-order valence-corrected chi connectivity index (χ0v) is 16.1. The fraction of sp³-hybridized carbons (Fsp3) is 0.350. The van der Waals surface area contributed by atoms with E-state index in [-0.39, 0.29) is 5.91 Å². The minimum absolute atomic E-state index is 0.0479. The average molecular weight is 418 g/mol. The molecule has 1 amide bonds. The lowest BCUT2D eigenvalue weighted by Gasteiger charge is -2.24. The molecule has 1 saturated heterocycles. The van der Waals surface area contributed by atoms with Crippen molar-refractivity contribution in [2.45, 2.75) is 18.9 Å². The van der Waals surface area contributed by atoms with Crippen LogP contribution in [0.1, 0.15) is 24.4 Å². The van der Waals surface area contributed by atoms with Crippen molar-refractivity contribution in [2.75, 3.05) is 31.6 Å². The van der Waals surface area contributed by atoms with Crippen LogP contribution in [-0.4, -0.2) is 32.2 Å². The maximum atomic E-state index is 12.5. The third kappa shape index (κ3) is 3.86. The zero-order valence-electron chi connectivity index (χ0n) is 14.5. The fourth-order valence-electron chi connectivity index (χ4n) is 3.75. The molecular formula is C20H22BrN2O3+. The van der Waals surface area contributed by atoms with E-state index >= 15 is 0 Å². The second-order valence-corrected chi connectivity index (χ2v) is 7.65. The molecule has 4 rings (SSSR count). The van der Waals surface area contributed by atoms with Gasteiger partial charge in [0.15, 0.2) is 18.0 Å². The highest BCUT2D eigenvalue weighted by Gasteiger charge is 2.32. The van der Waals surface area contributed by atoms with Crippen molar-refractivity contribution in [3.05, 3.63) is 52.5 Å². The van der Waals surface area contributed by atoms with Crippen molar-refractivity contribution in [3.8, 4) is 11.5 Å². The van der Waals surface area contributed by atoms with Gasteiger partial charge in [-0.15, -0.1) is 0 Å². The number of hydrogen-bond donors (Lipinski definition) is 2. The van der Waals surface area contributed by atoms with Crippen LogP contribution in [0.3, 0.4) is 0 Å². The van der Waals surface area contributed by atoms with Gasteiger partial charge in [0.25, 0.3) is 5.91 Å². The first-order chi connectivity index (χ1) is 12.7. The first-order valence-electron chi connectivity index (χ1n) is 8.98. The van der Waals surface area contributed by atoms with Gasteiger partial charge in [-0.3, -0.25) is 4.79 Å². The lowest BCUT2D eigenvalue weighted by Crippen LogP contribution is -3.11. The van der Waals surface area contributed by atoms with E-state index in [0.29, 0.717) is 25.8 Å². The summed E-state index contributed by atoms with van der Waals surface area (Å²) in [5.41, 5.74) is 2.05. The average Bonchev–Trinajstić information content (AvgIpc) is 3.11. The van der Waals surface area contributed by atoms with Gasteiger partial charge in [-0.2, -0.15) is 0 Å². The van der Waals surface area contributed by atoms with E-state index in [9.17, 15) is 4.79 Å². The predicted molar refractivity (Wildman–Crippen MR) is 103 cm³/mol. The lowest BCUT2D eigenvalue weighted by atomic mass is 10.0. The molecule has 1 unspecified atom stereocenters. The molecule has 2 atom stereocenters. The predicted octanol–water partition coefficient (Wildman–Crippen LogP) is 2.58. The van der Waals surface area contributed by atoms with Gasteiger partial charge in [-0.25, -0.2) is 0 Å². The van der Waals surface area contributed by atoms with E-state index in [1.165, 1.54) is 10.5 Å². The van der Waals surface area contributed by atoms with Gasteiger partial charge >= 0.3 is 0 Å². The molecule has 0 spiro atoms. The van der Waals surface area contributed by atoms with Crippen LogP contribution in [0.4, 0.5) is 5.69 Å². The maximum Gasteiger partial charge on any atom is 0.279 e. The van der Waals surface area contributed by atoms with Crippen molar-refractivity contribution in [2.24, 2.45) is 0 Å². The third-order valence-electron chi connectivity index (χ3n) is 4.97. The molecule has 2 aromatic carbocycles. The Morgan fingerprint density at radius 2 is 1.88 bits per heavy atom. The SMILES string of the molecule is O=C(C[NH+]1CCC[C@H]1c1ccc2c(c1)OCCO2)Nc1ccc(Br)cc1. The van der Waals surface area contributed by atoms with Crippen LogP contribution >= 0.6 is 15.9 Å². The van der Waals surface area contributed by atoms with Gasteiger partial charge in [0.1, 0.15) is 19.3 Å².